The number of likely N-dealkylation sites (tertiary alicyclic amines) is 1. The minimum atomic E-state index is -0.204. The molecule has 1 aromatic carbocycles. The van der Waals surface area contributed by atoms with E-state index in [0.717, 1.165) is 23.6 Å². The van der Waals surface area contributed by atoms with Gasteiger partial charge in [0.1, 0.15) is 13.2 Å². The molecule has 4 rings (SSSR count). The number of rotatable bonds is 5. The van der Waals surface area contributed by atoms with Crippen molar-refractivity contribution in [1.29, 1.82) is 0 Å². The van der Waals surface area contributed by atoms with E-state index in [-0.39, 0.29) is 18.0 Å². The third-order valence-electron chi connectivity index (χ3n) is 4.84. The molecule has 0 spiro atoms. The van der Waals surface area contributed by atoms with E-state index in [1.807, 2.05) is 18.2 Å². The van der Waals surface area contributed by atoms with Crippen molar-refractivity contribution in [3.63, 3.8) is 0 Å². The molecule has 0 radical (unpaired) electrons. The SMILES string of the molecule is CNC(=O)[C@@H]1C[C@@H](Nc2ncccn2)CN1Cc1ccc2c(c1)OCCO2. The minimum Gasteiger partial charge on any atom is -0.486 e. The molecule has 27 heavy (non-hydrogen) atoms. The summed E-state index contributed by atoms with van der Waals surface area (Å²) in [5.74, 6) is 2.14. The second kappa shape index (κ2) is 7.79. The van der Waals surface area contributed by atoms with Crippen molar-refractivity contribution >= 4 is 11.9 Å². The molecule has 0 bridgehead atoms. The molecule has 0 aliphatic carbocycles. The average molecular weight is 369 g/mol. The summed E-state index contributed by atoms with van der Waals surface area (Å²) in [6, 6.07) is 7.63. The Morgan fingerprint density at radius 3 is 2.78 bits per heavy atom. The van der Waals surface area contributed by atoms with Crippen LogP contribution in [0, 0.1) is 0 Å². The van der Waals surface area contributed by atoms with Gasteiger partial charge in [-0.05, 0) is 30.2 Å². The van der Waals surface area contributed by atoms with Crippen LogP contribution in [0.25, 0.3) is 0 Å². The summed E-state index contributed by atoms with van der Waals surface area (Å²) in [6.45, 7) is 2.52. The zero-order chi connectivity index (χ0) is 18.6. The highest BCUT2D eigenvalue weighted by atomic mass is 16.6. The third-order valence-corrected chi connectivity index (χ3v) is 4.84. The molecular formula is C19H23N5O3. The first-order valence-electron chi connectivity index (χ1n) is 9.10. The van der Waals surface area contributed by atoms with E-state index in [2.05, 4.69) is 25.5 Å². The lowest BCUT2D eigenvalue weighted by Gasteiger charge is -2.24. The number of aromatic nitrogens is 2. The number of likely N-dealkylation sites (N-methyl/N-ethyl adjacent to an activating group) is 1. The highest BCUT2D eigenvalue weighted by Crippen LogP contribution is 2.32. The van der Waals surface area contributed by atoms with E-state index in [4.69, 9.17) is 9.47 Å². The molecule has 0 unspecified atom stereocenters. The lowest BCUT2D eigenvalue weighted by atomic mass is 10.1. The number of amides is 1. The van der Waals surface area contributed by atoms with Gasteiger partial charge >= 0.3 is 0 Å². The standard InChI is InChI=1S/C19H23N5O3/c1-20-18(25)15-10-14(23-19-21-5-2-6-22-19)12-24(15)11-13-3-4-16-17(9-13)27-8-7-26-16/h2-6,9,14-15H,7-8,10-12H2,1H3,(H,20,25)(H,21,22,23)/t14-,15+/m1/s1. The number of hydrogen-bond donors (Lipinski definition) is 2. The van der Waals surface area contributed by atoms with Gasteiger partial charge < -0.3 is 20.1 Å². The number of hydrogen-bond acceptors (Lipinski definition) is 7. The van der Waals surface area contributed by atoms with E-state index < -0.39 is 0 Å². The minimum absolute atomic E-state index is 0.0193. The van der Waals surface area contributed by atoms with Crippen LogP contribution in [0.3, 0.4) is 0 Å². The fraction of sp³-hybridized carbons (Fsp3) is 0.421. The van der Waals surface area contributed by atoms with Gasteiger partial charge in [0, 0.05) is 38.6 Å². The van der Waals surface area contributed by atoms with Crippen LogP contribution in [-0.2, 0) is 11.3 Å². The quantitative estimate of drug-likeness (QED) is 0.814. The Morgan fingerprint density at radius 1 is 1.22 bits per heavy atom. The highest BCUT2D eigenvalue weighted by Gasteiger charge is 2.36. The van der Waals surface area contributed by atoms with Crippen LogP contribution in [0.5, 0.6) is 11.5 Å². The molecule has 1 aromatic heterocycles. The van der Waals surface area contributed by atoms with Crippen LogP contribution in [0.15, 0.2) is 36.7 Å². The zero-order valence-corrected chi connectivity index (χ0v) is 15.2. The van der Waals surface area contributed by atoms with Crippen molar-refractivity contribution in [2.75, 3.05) is 32.1 Å². The fourth-order valence-electron chi connectivity index (χ4n) is 3.60. The maximum atomic E-state index is 12.4. The van der Waals surface area contributed by atoms with Gasteiger partial charge in [-0.1, -0.05) is 6.07 Å². The second-order valence-electron chi connectivity index (χ2n) is 6.69. The number of nitrogens with zero attached hydrogens (tertiary/aromatic N) is 3. The predicted octanol–water partition coefficient (Wildman–Crippen LogP) is 1.05. The summed E-state index contributed by atoms with van der Waals surface area (Å²) in [5.41, 5.74) is 1.09. The smallest absolute Gasteiger partial charge is 0.237 e. The normalized spacial score (nSPS) is 21.7. The van der Waals surface area contributed by atoms with Gasteiger partial charge in [-0.3, -0.25) is 9.69 Å². The summed E-state index contributed by atoms with van der Waals surface area (Å²) in [6.07, 6.45) is 4.10. The summed E-state index contributed by atoms with van der Waals surface area (Å²) in [5, 5.41) is 6.10. The summed E-state index contributed by atoms with van der Waals surface area (Å²) in [7, 11) is 1.67. The monoisotopic (exact) mass is 369 g/mol. The number of anilines is 1. The van der Waals surface area contributed by atoms with Crippen molar-refractivity contribution in [2.24, 2.45) is 0 Å². The van der Waals surface area contributed by atoms with Crippen LogP contribution < -0.4 is 20.1 Å². The molecule has 0 saturated carbocycles. The lowest BCUT2D eigenvalue weighted by Crippen LogP contribution is -2.41. The maximum Gasteiger partial charge on any atom is 0.237 e. The average Bonchev–Trinajstić information content (AvgIpc) is 3.10. The van der Waals surface area contributed by atoms with Crippen molar-refractivity contribution in [1.82, 2.24) is 20.2 Å². The van der Waals surface area contributed by atoms with Crippen molar-refractivity contribution in [2.45, 2.75) is 25.0 Å². The van der Waals surface area contributed by atoms with Gasteiger partial charge in [0.05, 0.1) is 6.04 Å². The van der Waals surface area contributed by atoms with Crippen LogP contribution in [0.4, 0.5) is 5.95 Å². The molecule has 2 aliphatic rings. The highest BCUT2D eigenvalue weighted by molar-refractivity contribution is 5.82. The molecular weight excluding hydrogens is 346 g/mol. The Labute approximate surface area is 157 Å². The molecule has 2 aromatic rings. The van der Waals surface area contributed by atoms with Gasteiger partial charge in [0.2, 0.25) is 11.9 Å². The van der Waals surface area contributed by atoms with Gasteiger partial charge in [-0.25, -0.2) is 9.97 Å². The number of benzene rings is 1. The van der Waals surface area contributed by atoms with Crippen molar-refractivity contribution in [3.8, 4) is 11.5 Å². The van der Waals surface area contributed by atoms with Crippen molar-refractivity contribution < 1.29 is 14.3 Å². The van der Waals surface area contributed by atoms with Gasteiger partial charge in [0.15, 0.2) is 11.5 Å². The first-order chi connectivity index (χ1) is 13.2. The number of carbonyl (C=O) groups excluding carboxylic acids is 1. The van der Waals surface area contributed by atoms with Crippen LogP contribution in [0.2, 0.25) is 0 Å². The second-order valence-corrected chi connectivity index (χ2v) is 6.69. The summed E-state index contributed by atoms with van der Waals surface area (Å²) >= 11 is 0. The molecule has 2 aliphatic heterocycles. The first-order valence-corrected chi connectivity index (χ1v) is 9.10. The molecule has 8 nitrogen and oxygen atoms in total. The van der Waals surface area contributed by atoms with Crippen molar-refractivity contribution in [3.05, 3.63) is 42.2 Å². The Bertz CT molecular complexity index is 801. The molecule has 1 saturated heterocycles. The molecule has 142 valence electrons. The van der Waals surface area contributed by atoms with Gasteiger partial charge in [-0.15, -0.1) is 0 Å². The molecule has 2 N–H and O–H groups in total. The Morgan fingerprint density at radius 2 is 2.00 bits per heavy atom. The predicted molar refractivity (Wildman–Crippen MR) is 99.8 cm³/mol. The maximum absolute atomic E-state index is 12.4. The Balaban J connectivity index is 1.48. The summed E-state index contributed by atoms with van der Waals surface area (Å²) in [4.78, 5) is 23.0. The number of nitrogens with one attached hydrogen (secondary N) is 2. The Kier molecular flexibility index (Phi) is 5.06. The van der Waals surface area contributed by atoms with E-state index in [1.165, 1.54) is 0 Å². The van der Waals surface area contributed by atoms with Crippen LogP contribution >= 0.6 is 0 Å². The molecule has 2 atom stereocenters. The largest absolute Gasteiger partial charge is 0.486 e. The van der Waals surface area contributed by atoms with Gasteiger partial charge in [0.25, 0.3) is 0 Å². The number of carbonyl (C=O) groups is 1. The van der Waals surface area contributed by atoms with E-state index >= 15 is 0 Å². The van der Waals surface area contributed by atoms with Crippen LogP contribution in [0.1, 0.15) is 12.0 Å². The molecule has 8 heteroatoms. The lowest BCUT2D eigenvalue weighted by molar-refractivity contribution is -0.125. The molecule has 3 heterocycles. The fourth-order valence-corrected chi connectivity index (χ4v) is 3.60. The number of ether oxygens (including phenoxy) is 2. The summed E-state index contributed by atoms with van der Waals surface area (Å²) < 4.78 is 11.3. The van der Waals surface area contributed by atoms with Crippen LogP contribution in [-0.4, -0.2) is 59.7 Å². The molecule has 1 fully saturated rings. The van der Waals surface area contributed by atoms with E-state index in [0.29, 0.717) is 32.1 Å². The first kappa shape index (κ1) is 17.5. The Hall–Kier alpha value is -2.87. The number of fused-ring (bicyclic) bond motifs is 1. The van der Waals surface area contributed by atoms with E-state index in [1.54, 1.807) is 25.5 Å². The molecule has 1 amide bonds. The zero-order valence-electron chi connectivity index (χ0n) is 15.2. The van der Waals surface area contributed by atoms with Gasteiger partial charge in [-0.2, -0.15) is 0 Å². The van der Waals surface area contributed by atoms with E-state index in [9.17, 15) is 4.79 Å². The third kappa shape index (κ3) is 3.95. The topological polar surface area (TPSA) is 88.6 Å².